The van der Waals surface area contributed by atoms with Gasteiger partial charge in [0.15, 0.2) is 5.96 Å². The molecule has 0 saturated carbocycles. The Kier molecular flexibility index (Phi) is 7.94. The molecule has 1 aromatic heterocycles. The number of benzene rings is 1. The number of rotatable bonds is 7. The van der Waals surface area contributed by atoms with Crippen molar-refractivity contribution in [2.75, 3.05) is 31.1 Å². The van der Waals surface area contributed by atoms with Crippen LogP contribution in [-0.4, -0.2) is 49.3 Å². The first kappa shape index (κ1) is 21.9. The van der Waals surface area contributed by atoms with Gasteiger partial charge in [-0.05, 0) is 64.3 Å². The average Bonchev–Trinajstić information content (AvgIpc) is 2.75. The molecule has 30 heavy (non-hydrogen) atoms. The van der Waals surface area contributed by atoms with Gasteiger partial charge in [-0.3, -0.25) is 0 Å². The number of hydrogen-bond donors (Lipinski definition) is 2. The number of nitrogens with one attached hydrogen (secondary N) is 2. The molecule has 1 aliphatic rings. The molecule has 1 saturated heterocycles. The van der Waals surface area contributed by atoms with E-state index in [1.165, 1.54) is 11.1 Å². The Hall–Kier alpha value is -2.76. The van der Waals surface area contributed by atoms with Crippen LogP contribution in [-0.2, 0) is 0 Å². The molecule has 3 rings (SSSR count). The molecule has 2 heterocycles. The molecule has 2 N–H and O–H groups in total. The van der Waals surface area contributed by atoms with Crippen molar-refractivity contribution >= 4 is 11.8 Å². The van der Waals surface area contributed by atoms with Crippen molar-refractivity contribution in [3.05, 3.63) is 53.7 Å². The second-order valence-electron chi connectivity index (χ2n) is 8.06. The van der Waals surface area contributed by atoms with Crippen LogP contribution in [0.15, 0.2) is 47.6 Å². The Balaban J connectivity index is 1.48. The summed E-state index contributed by atoms with van der Waals surface area (Å²) >= 11 is 0. The molecular formula is C24H35N5O. The van der Waals surface area contributed by atoms with Crippen LogP contribution < -0.4 is 20.3 Å². The molecular weight excluding hydrogens is 374 g/mol. The molecule has 0 radical (unpaired) electrons. The second-order valence-corrected chi connectivity index (χ2v) is 8.06. The van der Waals surface area contributed by atoms with Crippen LogP contribution in [0.25, 0.3) is 0 Å². The molecule has 162 valence electrons. The first-order chi connectivity index (χ1) is 14.5. The number of anilines is 1. The molecule has 0 spiro atoms. The van der Waals surface area contributed by atoms with Crippen molar-refractivity contribution in [3.63, 3.8) is 0 Å². The van der Waals surface area contributed by atoms with Crippen LogP contribution in [0.4, 0.5) is 5.82 Å². The smallest absolute Gasteiger partial charge is 0.191 e. The third-order valence-corrected chi connectivity index (χ3v) is 5.26. The van der Waals surface area contributed by atoms with Crippen LogP contribution in [0.3, 0.4) is 0 Å². The predicted octanol–water partition coefficient (Wildman–Crippen LogP) is 3.69. The van der Waals surface area contributed by atoms with Gasteiger partial charge in [-0.1, -0.05) is 23.8 Å². The third-order valence-electron chi connectivity index (χ3n) is 5.26. The summed E-state index contributed by atoms with van der Waals surface area (Å²) in [6.07, 6.45) is 4.08. The predicted molar refractivity (Wildman–Crippen MR) is 125 cm³/mol. The van der Waals surface area contributed by atoms with E-state index < -0.39 is 0 Å². The van der Waals surface area contributed by atoms with E-state index in [1.807, 2.05) is 18.3 Å². The molecule has 0 aliphatic carbocycles. The zero-order chi connectivity index (χ0) is 21.3. The minimum absolute atomic E-state index is 0.0117. The van der Waals surface area contributed by atoms with Gasteiger partial charge in [0.2, 0.25) is 0 Å². The summed E-state index contributed by atoms with van der Waals surface area (Å²) in [4.78, 5) is 11.7. The monoisotopic (exact) mass is 409 g/mol. The summed E-state index contributed by atoms with van der Waals surface area (Å²) in [5.74, 6) is 2.82. The summed E-state index contributed by atoms with van der Waals surface area (Å²) in [5.41, 5.74) is 2.43. The van der Waals surface area contributed by atoms with E-state index in [9.17, 15) is 0 Å². The highest BCUT2D eigenvalue weighted by molar-refractivity contribution is 5.80. The van der Waals surface area contributed by atoms with Gasteiger partial charge < -0.3 is 20.3 Å². The van der Waals surface area contributed by atoms with Gasteiger partial charge in [0.25, 0.3) is 0 Å². The number of piperidine rings is 1. The van der Waals surface area contributed by atoms with Crippen LogP contribution in [0.5, 0.6) is 5.75 Å². The number of hydrogen-bond acceptors (Lipinski definition) is 4. The van der Waals surface area contributed by atoms with E-state index in [0.29, 0.717) is 12.6 Å². The largest absolute Gasteiger partial charge is 0.489 e. The fourth-order valence-corrected chi connectivity index (χ4v) is 3.52. The molecule has 1 unspecified atom stereocenters. The summed E-state index contributed by atoms with van der Waals surface area (Å²) in [6, 6.07) is 12.8. The quantitative estimate of drug-likeness (QED) is 0.539. The van der Waals surface area contributed by atoms with E-state index >= 15 is 0 Å². The Bertz CT molecular complexity index is 795. The highest BCUT2D eigenvalue weighted by Gasteiger charge is 2.21. The van der Waals surface area contributed by atoms with Crippen molar-refractivity contribution in [2.24, 2.45) is 4.99 Å². The second kappa shape index (κ2) is 10.9. The van der Waals surface area contributed by atoms with Gasteiger partial charge in [0, 0.05) is 31.9 Å². The minimum atomic E-state index is 0.0117. The number of aromatic nitrogens is 1. The molecule has 0 bridgehead atoms. The van der Waals surface area contributed by atoms with E-state index in [4.69, 9.17) is 9.73 Å². The fraction of sp³-hybridized carbons (Fsp3) is 0.500. The van der Waals surface area contributed by atoms with Crippen LogP contribution >= 0.6 is 0 Å². The van der Waals surface area contributed by atoms with Crippen molar-refractivity contribution in [3.8, 4) is 5.75 Å². The van der Waals surface area contributed by atoms with E-state index in [1.54, 1.807) is 0 Å². The number of aliphatic imine (C=N–C) groups is 1. The van der Waals surface area contributed by atoms with Gasteiger partial charge in [-0.2, -0.15) is 0 Å². The minimum Gasteiger partial charge on any atom is -0.489 e. The average molecular weight is 410 g/mol. The molecule has 1 fully saturated rings. The molecule has 0 amide bonds. The number of aryl methyl sites for hydroxylation is 2. The van der Waals surface area contributed by atoms with Crippen LogP contribution in [0.2, 0.25) is 0 Å². The standard InChI is InChI=1S/C24H35N5O/c1-5-25-24(27-17-20(4)30-22-9-6-18(2)7-10-22)28-21-12-14-29(15-13-21)23-11-8-19(3)16-26-23/h6-11,16,20-21H,5,12-15,17H2,1-4H3,(H2,25,27,28). The van der Waals surface area contributed by atoms with Crippen molar-refractivity contribution in [1.82, 2.24) is 15.6 Å². The number of ether oxygens (including phenoxy) is 1. The lowest BCUT2D eigenvalue weighted by Crippen LogP contribution is -2.49. The lowest BCUT2D eigenvalue weighted by atomic mass is 10.1. The molecule has 1 aliphatic heterocycles. The summed E-state index contributed by atoms with van der Waals surface area (Å²) in [7, 11) is 0. The molecule has 2 aromatic rings. The number of nitrogens with zero attached hydrogens (tertiary/aromatic N) is 3. The summed E-state index contributed by atoms with van der Waals surface area (Å²) < 4.78 is 5.98. The maximum Gasteiger partial charge on any atom is 0.191 e. The number of pyridine rings is 1. The van der Waals surface area contributed by atoms with E-state index in [0.717, 1.165) is 50.0 Å². The Labute approximate surface area is 180 Å². The van der Waals surface area contributed by atoms with E-state index in [2.05, 4.69) is 72.5 Å². The van der Waals surface area contributed by atoms with Gasteiger partial charge >= 0.3 is 0 Å². The SMILES string of the molecule is CCNC(=NCC(C)Oc1ccc(C)cc1)NC1CCN(c2ccc(C)cn2)CC1. The first-order valence-corrected chi connectivity index (χ1v) is 11.0. The maximum atomic E-state index is 5.98. The zero-order valence-corrected chi connectivity index (χ0v) is 18.7. The lowest BCUT2D eigenvalue weighted by Gasteiger charge is -2.34. The summed E-state index contributed by atoms with van der Waals surface area (Å²) in [5, 5.41) is 6.96. The van der Waals surface area contributed by atoms with Crippen molar-refractivity contribution in [1.29, 1.82) is 0 Å². The van der Waals surface area contributed by atoms with Crippen LogP contribution in [0, 0.1) is 13.8 Å². The molecule has 6 nitrogen and oxygen atoms in total. The molecule has 6 heteroatoms. The summed E-state index contributed by atoms with van der Waals surface area (Å²) in [6.45, 7) is 11.7. The van der Waals surface area contributed by atoms with Crippen molar-refractivity contribution < 1.29 is 4.74 Å². The van der Waals surface area contributed by atoms with Gasteiger partial charge in [0.1, 0.15) is 17.7 Å². The Morgan fingerprint density at radius 2 is 1.83 bits per heavy atom. The Morgan fingerprint density at radius 3 is 2.47 bits per heavy atom. The fourth-order valence-electron chi connectivity index (χ4n) is 3.52. The van der Waals surface area contributed by atoms with E-state index in [-0.39, 0.29) is 6.10 Å². The third kappa shape index (κ3) is 6.65. The molecule has 1 aromatic carbocycles. The van der Waals surface area contributed by atoms with Gasteiger partial charge in [-0.25, -0.2) is 9.98 Å². The first-order valence-electron chi connectivity index (χ1n) is 11.0. The zero-order valence-electron chi connectivity index (χ0n) is 18.7. The highest BCUT2D eigenvalue weighted by atomic mass is 16.5. The number of guanidine groups is 1. The van der Waals surface area contributed by atoms with Crippen molar-refractivity contribution in [2.45, 2.75) is 52.7 Å². The maximum absolute atomic E-state index is 5.98. The normalized spacial score (nSPS) is 16.3. The van der Waals surface area contributed by atoms with Gasteiger partial charge in [-0.15, -0.1) is 0 Å². The topological polar surface area (TPSA) is 61.8 Å². The Morgan fingerprint density at radius 1 is 1.13 bits per heavy atom. The highest BCUT2D eigenvalue weighted by Crippen LogP contribution is 2.18. The van der Waals surface area contributed by atoms with Crippen LogP contribution in [0.1, 0.15) is 37.8 Å². The lowest BCUT2D eigenvalue weighted by molar-refractivity contribution is 0.230. The van der Waals surface area contributed by atoms with Gasteiger partial charge in [0.05, 0.1) is 6.54 Å². The molecule has 1 atom stereocenters.